The van der Waals surface area contributed by atoms with Gasteiger partial charge >= 0.3 is 11.9 Å². The molecule has 0 amide bonds. The highest BCUT2D eigenvalue weighted by molar-refractivity contribution is 7.93. The Balaban J connectivity index is 2.25. The number of sulfonamides is 1. The molecule has 0 radical (unpaired) electrons. The maximum atomic E-state index is 12.3. The quantitative estimate of drug-likeness (QED) is 0.778. The standard InChI is InChI=1S/C13H13N3O6S2/c1-7-10(12(18)22-3)23-13(15-7)16-24(19,20)8-4-5-9(14-6-8)11(17)21-2/h4-6H,1-3H3,(H,15,16). The zero-order valence-electron chi connectivity index (χ0n) is 12.9. The van der Waals surface area contributed by atoms with Crippen molar-refractivity contribution in [2.75, 3.05) is 18.9 Å². The molecule has 24 heavy (non-hydrogen) atoms. The molecule has 0 saturated carbocycles. The van der Waals surface area contributed by atoms with Crippen LogP contribution in [0.1, 0.15) is 25.9 Å². The van der Waals surface area contributed by atoms with Gasteiger partial charge in [-0.1, -0.05) is 11.3 Å². The van der Waals surface area contributed by atoms with E-state index in [2.05, 4.69) is 24.2 Å². The highest BCUT2D eigenvalue weighted by atomic mass is 32.2. The maximum Gasteiger partial charge on any atom is 0.356 e. The van der Waals surface area contributed by atoms with Crippen molar-refractivity contribution in [3.63, 3.8) is 0 Å². The van der Waals surface area contributed by atoms with Gasteiger partial charge in [-0.25, -0.2) is 28.0 Å². The Morgan fingerprint density at radius 2 is 1.83 bits per heavy atom. The number of nitrogens with one attached hydrogen (secondary N) is 1. The predicted octanol–water partition coefficient (Wildman–Crippen LogP) is 1.22. The number of aromatic nitrogens is 2. The third-order valence-corrected chi connectivity index (χ3v) is 5.34. The second-order valence-corrected chi connectivity index (χ2v) is 7.08. The molecule has 0 fully saturated rings. The first-order valence-corrected chi connectivity index (χ1v) is 8.71. The van der Waals surface area contributed by atoms with E-state index in [1.807, 2.05) is 0 Å². The molecule has 0 aliphatic rings. The van der Waals surface area contributed by atoms with Crippen molar-refractivity contribution in [1.82, 2.24) is 9.97 Å². The number of carbonyl (C=O) groups excluding carboxylic acids is 2. The Morgan fingerprint density at radius 3 is 2.38 bits per heavy atom. The molecule has 0 spiro atoms. The minimum atomic E-state index is -3.97. The average molecular weight is 371 g/mol. The van der Waals surface area contributed by atoms with Crippen molar-refractivity contribution in [2.24, 2.45) is 0 Å². The highest BCUT2D eigenvalue weighted by Gasteiger charge is 2.21. The summed E-state index contributed by atoms with van der Waals surface area (Å²) in [6.45, 7) is 1.56. The van der Waals surface area contributed by atoms with E-state index in [1.54, 1.807) is 6.92 Å². The molecular formula is C13H13N3O6S2. The summed E-state index contributed by atoms with van der Waals surface area (Å²) in [5, 5.41) is 0.0185. The minimum Gasteiger partial charge on any atom is -0.465 e. The molecule has 1 N–H and O–H groups in total. The third-order valence-electron chi connectivity index (χ3n) is 2.83. The van der Waals surface area contributed by atoms with Crippen LogP contribution in [0.25, 0.3) is 0 Å². The van der Waals surface area contributed by atoms with Gasteiger partial charge in [-0.3, -0.25) is 4.72 Å². The van der Waals surface area contributed by atoms with Crippen molar-refractivity contribution >= 4 is 38.4 Å². The van der Waals surface area contributed by atoms with E-state index in [9.17, 15) is 18.0 Å². The summed E-state index contributed by atoms with van der Waals surface area (Å²) in [6.07, 6.45) is 1.02. The first-order chi connectivity index (χ1) is 11.3. The Morgan fingerprint density at radius 1 is 1.17 bits per heavy atom. The van der Waals surface area contributed by atoms with Crippen LogP contribution in [0.4, 0.5) is 5.13 Å². The maximum absolute atomic E-state index is 12.3. The fraction of sp³-hybridized carbons (Fsp3) is 0.231. The van der Waals surface area contributed by atoms with E-state index >= 15 is 0 Å². The summed E-state index contributed by atoms with van der Waals surface area (Å²) in [5.41, 5.74) is 0.332. The van der Waals surface area contributed by atoms with Gasteiger partial charge in [0.25, 0.3) is 10.0 Å². The molecule has 2 aromatic heterocycles. The summed E-state index contributed by atoms with van der Waals surface area (Å²) in [6, 6.07) is 2.44. The van der Waals surface area contributed by atoms with E-state index in [4.69, 9.17) is 0 Å². The molecule has 0 unspecified atom stereocenters. The number of aryl methyl sites for hydroxylation is 1. The molecule has 2 aromatic rings. The van der Waals surface area contributed by atoms with Crippen molar-refractivity contribution in [2.45, 2.75) is 11.8 Å². The number of anilines is 1. The first-order valence-electron chi connectivity index (χ1n) is 6.41. The van der Waals surface area contributed by atoms with Gasteiger partial charge in [0.05, 0.1) is 19.9 Å². The number of nitrogens with zero attached hydrogens (tertiary/aromatic N) is 2. The van der Waals surface area contributed by atoms with Crippen molar-refractivity contribution < 1.29 is 27.5 Å². The molecule has 0 atom stereocenters. The topological polar surface area (TPSA) is 125 Å². The molecule has 0 bridgehead atoms. The van der Waals surface area contributed by atoms with Gasteiger partial charge in [-0.2, -0.15) is 0 Å². The normalized spacial score (nSPS) is 11.0. The lowest BCUT2D eigenvalue weighted by molar-refractivity contribution is 0.0589. The molecule has 9 nitrogen and oxygen atoms in total. The lowest BCUT2D eigenvalue weighted by atomic mass is 10.3. The van der Waals surface area contributed by atoms with Crippen molar-refractivity contribution in [1.29, 1.82) is 0 Å². The summed E-state index contributed by atoms with van der Waals surface area (Å²) in [5.74, 6) is -1.27. The first kappa shape index (κ1) is 17.8. The third kappa shape index (κ3) is 3.68. The smallest absolute Gasteiger partial charge is 0.356 e. The number of methoxy groups -OCH3 is 2. The molecule has 0 aromatic carbocycles. The summed E-state index contributed by atoms with van der Waals surface area (Å²) >= 11 is 0.855. The van der Waals surface area contributed by atoms with E-state index in [1.165, 1.54) is 26.4 Å². The molecule has 128 valence electrons. The second-order valence-electron chi connectivity index (χ2n) is 4.40. The van der Waals surface area contributed by atoms with Crippen LogP contribution in [-0.2, 0) is 19.5 Å². The number of pyridine rings is 1. The van der Waals surface area contributed by atoms with E-state index in [0.29, 0.717) is 5.69 Å². The molecule has 11 heteroatoms. The summed E-state index contributed by atoms with van der Waals surface area (Å²) in [4.78, 5) is 30.6. The van der Waals surface area contributed by atoms with Crippen LogP contribution < -0.4 is 4.72 Å². The van der Waals surface area contributed by atoms with Gasteiger partial charge in [0.2, 0.25) is 0 Å². The van der Waals surface area contributed by atoms with Crippen LogP contribution in [0.15, 0.2) is 23.2 Å². The fourth-order valence-corrected chi connectivity index (χ4v) is 3.72. The summed E-state index contributed by atoms with van der Waals surface area (Å²) in [7, 11) is -1.55. The molecule has 2 rings (SSSR count). The number of thiazole rings is 1. The number of hydrogen-bond donors (Lipinski definition) is 1. The summed E-state index contributed by atoms with van der Waals surface area (Å²) < 4.78 is 35.9. The van der Waals surface area contributed by atoms with Crippen LogP contribution in [0.3, 0.4) is 0 Å². The molecule has 0 aliphatic carbocycles. The predicted molar refractivity (Wildman–Crippen MR) is 84.6 cm³/mol. The van der Waals surface area contributed by atoms with Gasteiger partial charge in [0, 0.05) is 6.20 Å². The van der Waals surface area contributed by atoms with Gasteiger partial charge in [-0.15, -0.1) is 0 Å². The number of ether oxygens (including phenoxy) is 2. The Kier molecular flexibility index (Phi) is 5.14. The fourth-order valence-electron chi connectivity index (χ4n) is 1.66. The molecule has 0 saturated heterocycles. The van der Waals surface area contributed by atoms with E-state index in [-0.39, 0.29) is 20.6 Å². The van der Waals surface area contributed by atoms with Crippen molar-refractivity contribution in [3.8, 4) is 0 Å². The van der Waals surface area contributed by atoms with Crippen LogP contribution in [0, 0.1) is 6.92 Å². The monoisotopic (exact) mass is 371 g/mol. The van der Waals surface area contributed by atoms with Gasteiger partial charge < -0.3 is 9.47 Å². The number of hydrogen-bond acceptors (Lipinski definition) is 9. The Bertz CT molecular complexity index is 874. The largest absolute Gasteiger partial charge is 0.465 e. The van der Waals surface area contributed by atoms with Crippen molar-refractivity contribution in [3.05, 3.63) is 34.6 Å². The zero-order valence-corrected chi connectivity index (χ0v) is 14.5. The minimum absolute atomic E-state index is 0.0185. The molecular weight excluding hydrogens is 358 g/mol. The van der Waals surface area contributed by atoms with E-state index < -0.39 is 22.0 Å². The number of esters is 2. The number of carbonyl (C=O) groups is 2. The Labute approximate surface area is 141 Å². The van der Waals surface area contributed by atoms with Crippen LogP contribution in [0.2, 0.25) is 0 Å². The second kappa shape index (κ2) is 6.93. The lowest BCUT2D eigenvalue weighted by Gasteiger charge is -2.05. The zero-order chi connectivity index (χ0) is 17.9. The highest BCUT2D eigenvalue weighted by Crippen LogP contribution is 2.25. The number of rotatable bonds is 5. The van der Waals surface area contributed by atoms with Crippen LogP contribution >= 0.6 is 11.3 Å². The lowest BCUT2D eigenvalue weighted by Crippen LogP contribution is -2.14. The molecule has 0 aliphatic heterocycles. The molecule has 2 heterocycles. The van der Waals surface area contributed by atoms with Gasteiger partial charge in [0.1, 0.15) is 15.5 Å². The average Bonchev–Trinajstić information content (AvgIpc) is 2.93. The Hall–Kier alpha value is -2.53. The van der Waals surface area contributed by atoms with Crippen LogP contribution in [-0.4, -0.2) is 44.5 Å². The van der Waals surface area contributed by atoms with Crippen LogP contribution in [0.5, 0.6) is 0 Å². The van der Waals surface area contributed by atoms with E-state index in [0.717, 1.165) is 17.5 Å². The van der Waals surface area contributed by atoms with Gasteiger partial charge in [-0.05, 0) is 19.1 Å². The van der Waals surface area contributed by atoms with Gasteiger partial charge in [0.15, 0.2) is 5.13 Å². The SMILES string of the molecule is COC(=O)c1ccc(S(=O)(=O)Nc2nc(C)c(C(=O)OC)s2)cn1.